The molecule has 4 amide bonds. The number of nitrogens with one attached hydrogen (secondary N) is 1. The van der Waals surface area contributed by atoms with Crippen molar-refractivity contribution < 1.29 is 18.8 Å². The minimum absolute atomic E-state index is 0.209. The van der Waals surface area contributed by atoms with Gasteiger partial charge in [0.1, 0.15) is 17.6 Å². The van der Waals surface area contributed by atoms with E-state index in [1.807, 2.05) is 0 Å². The number of benzene rings is 1. The van der Waals surface area contributed by atoms with E-state index in [0.717, 1.165) is 4.90 Å². The second kappa shape index (κ2) is 6.53. The maximum atomic E-state index is 13.5. The van der Waals surface area contributed by atoms with Crippen LogP contribution in [0, 0.1) is 5.82 Å². The molecule has 2 aliphatic rings. The highest BCUT2D eigenvalue weighted by Gasteiger charge is 2.48. The summed E-state index contributed by atoms with van der Waals surface area (Å²) in [7, 11) is 1.79. The number of imide groups is 1. The van der Waals surface area contributed by atoms with E-state index in [1.54, 1.807) is 29.9 Å². The zero-order valence-corrected chi connectivity index (χ0v) is 14.8. The van der Waals surface area contributed by atoms with E-state index < -0.39 is 17.9 Å². The first-order valence-corrected chi connectivity index (χ1v) is 8.78. The number of anilines is 1. The first-order chi connectivity index (χ1) is 13.0. The smallest absolute Gasteiger partial charge is 0.332 e. The lowest BCUT2D eigenvalue weighted by Crippen LogP contribution is -2.50. The van der Waals surface area contributed by atoms with Crippen LogP contribution in [0.4, 0.5) is 14.9 Å². The van der Waals surface area contributed by atoms with Gasteiger partial charge in [-0.3, -0.25) is 9.59 Å². The number of aryl methyl sites for hydroxylation is 1. The summed E-state index contributed by atoms with van der Waals surface area (Å²) < 4.78 is 15.2. The van der Waals surface area contributed by atoms with Crippen molar-refractivity contribution in [2.45, 2.75) is 24.9 Å². The zero-order chi connectivity index (χ0) is 19.1. The highest BCUT2D eigenvalue weighted by Crippen LogP contribution is 2.31. The van der Waals surface area contributed by atoms with Gasteiger partial charge >= 0.3 is 6.03 Å². The van der Waals surface area contributed by atoms with Gasteiger partial charge in [0.05, 0.1) is 5.69 Å². The summed E-state index contributed by atoms with van der Waals surface area (Å²) in [6.07, 6.45) is 2.68. The van der Waals surface area contributed by atoms with Gasteiger partial charge in [-0.25, -0.2) is 14.1 Å². The van der Waals surface area contributed by atoms with Crippen molar-refractivity contribution in [2.75, 3.05) is 11.4 Å². The van der Waals surface area contributed by atoms with Crippen molar-refractivity contribution in [1.29, 1.82) is 0 Å². The minimum Gasteiger partial charge on any atom is -0.348 e. The second-order valence-electron chi connectivity index (χ2n) is 6.84. The first-order valence-electron chi connectivity index (χ1n) is 8.78. The van der Waals surface area contributed by atoms with Crippen LogP contribution in [0.5, 0.6) is 0 Å². The summed E-state index contributed by atoms with van der Waals surface area (Å²) in [6.45, 7) is 0.360. The summed E-state index contributed by atoms with van der Waals surface area (Å²) >= 11 is 0. The van der Waals surface area contributed by atoms with Crippen LogP contribution >= 0.6 is 0 Å². The zero-order valence-electron chi connectivity index (χ0n) is 14.8. The molecule has 7 nitrogen and oxygen atoms in total. The van der Waals surface area contributed by atoms with E-state index in [1.165, 1.54) is 29.2 Å². The fourth-order valence-corrected chi connectivity index (χ4v) is 3.74. The molecule has 27 heavy (non-hydrogen) atoms. The van der Waals surface area contributed by atoms with Crippen molar-refractivity contribution in [1.82, 2.24) is 14.8 Å². The normalized spacial score (nSPS) is 22.1. The predicted octanol–water partition coefficient (Wildman–Crippen LogP) is 1.89. The van der Waals surface area contributed by atoms with E-state index in [9.17, 15) is 18.8 Å². The molecule has 0 bridgehead atoms. The largest absolute Gasteiger partial charge is 0.348 e. The number of carbonyl (C=O) groups excluding carboxylic acids is 3. The molecule has 1 aromatic heterocycles. The number of fused-ring (bicyclic) bond motifs is 1. The molecule has 2 aromatic rings. The van der Waals surface area contributed by atoms with Gasteiger partial charge < -0.3 is 14.8 Å². The molecule has 1 N–H and O–H groups in total. The molecule has 140 valence electrons. The van der Waals surface area contributed by atoms with Crippen LogP contribution in [0.25, 0.3) is 0 Å². The molecule has 3 heterocycles. The van der Waals surface area contributed by atoms with E-state index >= 15 is 0 Å². The Morgan fingerprint density at radius 3 is 2.74 bits per heavy atom. The molecule has 2 saturated heterocycles. The van der Waals surface area contributed by atoms with Crippen LogP contribution in [-0.4, -0.2) is 45.9 Å². The standard InChI is InChI=1S/C19H19FN4O3/c1-22-8-3-6-15(22)17(25)21-13-7-9-23-16(11-13)18(26)24(19(23)27)14-5-2-4-12(20)10-14/h2-6,8,10,13,16H,7,9,11H2,1H3,(H,21,25)/t13-,16+/m1/s1. The molecule has 0 saturated carbocycles. The number of rotatable bonds is 3. The maximum absolute atomic E-state index is 13.5. The van der Waals surface area contributed by atoms with Gasteiger partial charge in [-0.2, -0.15) is 0 Å². The van der Waals surface area contributed by atoms with Gasteiger partial charge in [-0.1, -0.05) is 6.07 Å². The Balaban J connectivity index is 1.50. The van der Waals surface area contributed by atoms with E-state index in [4.69, 9.17) is 0 Å². The average Bonchev–Trinajstić information content (AvgIpc) is 3.17. The van der Waals surface area contributed by atoms with Crippen molar-refractivity contribution in [2.24, 2.45) is 7.05 Å². The van der Waals surface area contributed by atoms with Gasteiger partial charge in [-0.15, -0.1) is 0 Å². The summed E-state index contributed by atoms with van der Waals surface area (Å²) in [5.41, 5.74) is 0.761. The van der Waals surface area contributed by atoms with Crippen LogP contribution in [0.2, 0.25) is 0 Å². The number of amides is 4. The average molecular weight is 370 g/mol. The highest BCUT2D eigenvalue weighted by molar-refractivity contribution is 6.21. The van der Waals surface area contributed by atoms with Crippen molar-refractivity contribution in [3.05, 3.63) is 54.1 Å². The number of halogens is 1. The molecule has 8 heteroatoms. The third-order valence-corrected chi connectivity index (χ3v) is 5.12. The second-order valence-corrected chi connectivity index (χ2v) is 6.84. The Morgan fingerprint density at radius 2 is 2.04 bits per heavy atom. The first kappa shape index (κ1) is 17.3. The molecular weight excluding hydrogens is 351 g/mol. The molecular formula is C19H19FN4O3. The summed E-state index contributed by atoms with van der Waals surface area (Å²) in [5.74, 6) is -1.10. The fourth-order valence-electron chi connectivity index (χ4n) is 3.74. The third kappa shape index (κ3) is 2.97. The molecule has 1 aromatic carbocycles. The number of piperidine rings is 1. The van der Waals surface area contributed by atoms with Crippen molar-refractivity contribution >= 4 is 23.5 Å². The van der Waals surface area contributed by atoms with Crippen LogP contribution < -0.4 is 10.2 Å². The van der Waals surface area contributed by atoms with E-state index in [2.05, 4.69) is 5.32 Å². The lowest BCUT2D eigenvalue weighted by atomic mass is 9.98. The molecule has 0 unspecified atom stereocenters. The lowest BCUT2D eigenvalue weighted by molar-refractivity contribution is -0.120. The van der Waals surface area contributed by atoms with E-state index in [0.29, 0.717) is 25.1 Å². The number of nitrogens with zero attached hydrogens (tertiary/aromatic N) is 3. The molecule has 0 spiro atoms. The van der Waals surface area contributed by atoms with Crippen molar-refractivity contribution in [3.63, 3.8) is 0 Å². The molecule has 4 rings (SSSR count). The van der Waals surface area contributed by atoms with Gasteiger partial charge in [0, 0.05) is 25.8 Å². The predicted molar refractivity (Wildman–Crippen MR) is 95.7 cm³/mol. The van der Waals surface area contributed by atoms with Crippen LogP contribution in [0.15, 0.2) is 42.6 Å². The number of hydrogen-bond acceptors (Lipinski definition) is 3. The van der Waals surface area contributed by atoms with E-state index in [-0.39, 0.29) is 23.5 Å². The third-order valence-electron chi connectivity index (χ3n) is 5.12. The van der Waals surface area contributed by atoms with Crippen LogP contribution in [-0.2, 0) is 11.8 Å². The fraction of sp³-hybridized carbons (Fsp3) is 0.316. The summed E-state index contributed by atoms with van der Waals surface area (Å²) in [5, 5.41) is 2.95. The Hall–Kier alpha value is -3.16. The molecule has 0 radical (unpaired) electrons. The topological polar surface area (TPSA) is 74.7 Å². The lowest BCUT2D eigenvalue weighted by Gasteiger charge is -2.32. The number of hydrogen-bond donors (Lipinski definition) is 1. The number of aromatic nitrogens is 1. The number of carbonyl (C=O) groups is 3. The quantitative estimate of drug-likeness (QED) is 0.839. The van der Waals surface area contributed by atoms with Gasteiger partial charge in [-0.05, 0) is 43.2 Å². The highest BCUT2D eigenvalue weighted by atomic mass is 19.1. The maximum Gasteiger partial charge on any atom is 0.332 e. The van der Waals surface area contributed by atoms with Gasteiger partial charge in [0.25, 0.3) is 11.8 Å². The Morgan fingerprint density at radius 1 is 1.22 bits per heavy atom. The Labute approximate surface area is 155 Å². The number of urea groups is 1. The monoisotopic (exact) mass is 370 g/mol. The van der Waals surface area contributed by atoms with Crippen LogP contribution in [0.1, 0.15) is 23.3 Å². The summed E-state index contributed by atoms with van der Waals surface area (Å²) in [6, 6.07) is 7.64. The molecule has 2 atom stereocenters. The molecule has 2 aliphatic heterocycles. The minimum atomic E-state index is -0.645. The van der Waals surface area contributed by atoms with Crippen molar-refractivity contribution in [3.8, 4) is 0 Å². The molecule has 0 aliphatic carbocycles. The van der Waals surface area contributed by atoms with Crippen LogP contribution in [0.3, 0.4) is 0 Å². The SMILES string of the molecule is Cn1cccc1C(=O)N[C@@H]1CCN2C(=O)N(c3cccc(F)c3)C(=O)[C@@H]2C1. The van der Waals surface area contributed by atoms with Gasteiger partial charge in [0.2, 0.25) is 0 Å². The Kier molecular flexibility index (Phi) is 4.18. The molecule has 2 fully saturated rings. The Bertz CT molecular complexity index is 925. The van der Waals surface area contributed by atoms with Gasteiger partial charge in [0.15, 0.2) is 0 Å². The summed E-state index contributed by atoms with van der Waals surface area (Å²) in [4.78, 5) is 40.4.